The van der Waals surface area contributed by atoms with Crippen LogP contribution < -0.4 is 5.32 Å². The summed E-state index contributed by atoms with van der Waals surface area (Å²) in [6.45, 7) is 3.90. The molecule has 1 heterocycles. The smallest absolute Gasteiger partial charge is 0.317 e. The van der Waals surface area contributed by atoms with Crippen LogP contribution in [-0.4, -0.2) is 41.6 Å². The van der Waals surface area contributed by atoms with Crippen molar-refractivity contribution in [2.45, 2.75) is 45.4 Å². The molecule has 1 aliphatic carbocycles. The van der Waals surface area contributed by atoms with Crippen molar-refractivity contribution in [1.82, 2.24) is 10.2 Å². The number of piperidine rings is 1. The molecular weight excluding hydrogens is 244 g/mol. The molecule has 0 bridgehead atoms. The lowest BCUT2D eigenvalue weighted by Crippen LogP contribution is -2.49. The second kappa shape index (κ2) is 5.80. The summed E-state index contributed by atoms with van der Waals surface area (Å²) >= 11 is 0. The molecular formula is C14H24N2O3. The van der Waals surface area contributed by atoms with Gasteiger partial charge in [-0.25, -0.2) is 4.79 Å². The van der Waals surface area contributed by atoms with Gasteiger partial charge in [-0.2, -0.15) is 0 Å². The maximum Gasteiger partial charge on any atom is 0.317 e. The highest BCUT2D eigenvalue weighted by molar-refractivity contribution is 5.77. The third-order valence-electron chi connectivity index (χ3n) is 4.43. The van der Waals surface area contributed by atoms with Gasteiger partial charge in [0.05, 0.1) is 5.41 Å². The van der Waals surface area contributed by atoms with E-state index in [-0.39, 0.29) is 6.03 Å². The molecule has 0 spiro atoms. The Balaban J connectivity index is 1.82. The molecule has 108 valence electrons. The number of carboxylic acids is 1. The predicted molar refractivity (Wildman–Crippen MR) is 71.9 cm³/mol. The van der Waals surface area contributed by atoms with Gasteiger partial charge < -0.3 is 15.3 Å². The van der Waals surface area contributed by atoms with Crippen molar-refractivity contribution in [3.8, 4) is 0 Å². The van der Waals surface area contributed by atoms with Gasteiger partial charge in [0.2, 0.25) is 0 Å². The molecule has 5 nitrogen and oxygen atoms in total. The molecule has 0 atom stereocenters. The van der Waals surface area contributed by atoms with Crippen LogP contribution in [0.3, 0.4) is 0 Å². The number of urea groups is 1. The molecule has 1 aliphatic heterocycles. The lowest BCUT2D eigenvalue weighted by Gasteiger charge is -2.38. The fourth-order valence-corrected chi connectivity index (χ4v) is 2.85. The molecule has 1 saturated carbocycles. The van der Waals surface area contributed by atoms with Gasteiger partial charge in [-0.05, 0) is 38.0 Å². The minimum absolute atomic E-state index is 0.0256. The molecule has 5 heteroatoms. The quantitative estimate of drug-likeness (QED) is 0.802. The molecule has 0 aromatic rings. The molecule has 2 amide bonds. The van der Waals surface area contributed by atoms with Gasteiger partial charge in [-0.15, -0.1) is 0 Å². The first-order valence-electron chi connectivity index (χ1n) is 7.33. The number of carboxylic acid groups (broad SMARTS) is 1. The van der Waals surface area contributed by atoms with Crippen LogP contribution in [0.2, 0.25) is 0 Å². The van der Waals surface area contributed by atoms with E-state index in [1.165, 1.54) is 12.8 Å². The van der Waals surface area contributed by atoms with Crippen LogP contribution in [0.5, 0.6) is 0 Å². The predicted octanol–water partition coefficient (Wildman–Crippen LogP) is 2.07. The highest BCUT2D eigenvalue weighted by Crippen LogP contribution is 2.36. The average Bonchev–Trinajstić information content (AvgIpc) is 3.21. The number of carbonyl (C=O) groups is 2. The molecule has 19 heavy (non-hydrogen) atoms. The van der Waals surface area contributed by atoms with E-state index < -0.39 is 11.4 Å². The summed E-state index contributed by atoms with van der Waals surface area (Å²) in [5.74, 6) is -0.0284. The summed E-state index contributed by atoms with van der Waals surface area (Å²) in [4.78, 5) is 25.1. The zero-order chi connectivity index (χ0) is 13.9. The SMILES string of the molecule is CCCC1(C(=O)O)CCN(C(=O)NCC2CC2)CC1. The summed E-state index contributed by atoms with van der Waals surface area (Å²) in [5, 5.41) is 12.4. The Morgan fingerprint density at radius 3 is 2.42 bits per heavy atom. The third-order valence-corrected chi connectivity index (χ3v) is 4.43. The van der Waals surface area contributed by atoms with Crippen molar-refractivity contribution < 1.29 is 14.7 Å². The topological polar surface area (TPSA) is 69.6 Å². The highest BCUT2D eigenvalue weighted by Gasteiger charge is 2.41. The Kier molecular flexibility index (Phi) is 4.32. The molecule has 0 radical (unpaired) electrons. The van der Waals surface area contributed by atoms with E-state index >= 15 is 0 Å². The fourth-order valence-electron chi connectivity index (χ4n) is 2.85. The molecule has 2 N–H and O–H groups in total. The van der Waals surface area contributed by atoms with Crippen LogP contribution in [-0.2, 0) is 4.79 Å². The van der Waals surface area contributed by atoms with Crippen LogP contribution in [0, 0.1) is 11.3 Å². The van der Waals surface area contributed by atoms with E-state index in [1.807, 2.05) is 6.92 Å². The van der Waals surface area contributed by atoms with E-state index in [1.54, 1.807) is 4.90 Å². The standard InChI is InChI=1S/C14H24N2O3/c1-2-5-14(12(17)18)6-8-16(9-7-14)13(19)15-10-11-3-4-11/h11H,2-10H2,1H3,(H,15,19)(H,17,18). The number of carbonyl (C=O) groups excluding carboxylic acids is 1. The van der Waals surface area contributed by atoms with Crippen LogP contribution in [0.15, 0.2) is 0 Å². The first kappa shape index (κ1) is 14.2. The Bertz CT molecular complexity index is 345. The number of aliphatic carboxylic acids is 1. The average molecular weight is 268 g/mol. The van der Waals surface area contributed by atoms with E-state index in [0.717, 1.165) is 13.0 Å². The number of hydrogen-bond acceptors (Lipinski definition) is 2. The maximum absolute atomic E-state index is 11.9. The van der Waals surface area contributed by atoms with Gasteiger partial charge in [-0.1, -0.05) is 13.3 Å². The molecule has 0 unspecified atom stereocenters. The third kappa shape index (κ3) is 3.39. The Morgan fingerprint density at radius 2 is 1.95 bits per heavy atom. The first-order chi connectivity index (χ1) is 9.07. The van der Waals surface area contributed by atoms with Crippen molar-refractivity contribution in [3.63, 3.8) is 0 Å². The number of hydrogen-bond donors (Lipinski definition) is 2. The lowest BCUT2D eigenvalue weighted by molar-refractivity contribution is -0.152. The first-order valence-corrected chi connectivity index (χ1v) is 7.33. The van der Waals surface area contributed by atoms with Gasteiger partial charge >= 0.3 is 12.0 Å². The van der Waals surface area contributed by atoms with Gasteiger partial charge in [0, 0.05) is 19.6 Å². The summed E-state index contributed by atoms with van der Waals surface area (Å²) in [7, 11) is 0. The largest absolute Gasteiger partial charge is 0.481 e. The number of nitrogens with zero attached hydrogens (tertiary/aromatic N) is 1. The fraction of sp³-hybridized carbons (Fsp3) is 0.857. The Morgan fingerprint density at radius 1 is 1.32 bits per heavy atom. The van der Waals surface area contributed by atoms with Gasteiger partial charge in [0.1, 0.15) is 0 Å². The summed E-state index contributed by atoms with van der Waals surface area (Å²) < 4.78 is 0. The molecule has 0 aromatic heterocycles. The van der Waals surface area contributed by atoms with Crippen LogP contribution in [0.4, 0.5) is 4.79 Å². The zero-order valence-electron chi connectivity index (χ0n) is 11.7. The van der Waals surface area contributed by atoms with Crippen molar-refractivity contribution in [1.29, 1.82) is 0 Å². The van der Waals surface area contributed by atoms with Crippen molar-refractivity contribution in [2.24, 2.45) is 11.3 Å². The van der Waals surface area contributed by atoms with Crippen LogP contribution in [0.25, 0.3) is 0 Å². The normalized spacial score (nSPS) is 22.1. The monoisotopic (exact) mass is 268 g/mol. The van der Waals surface area contributed by atoms with Gasteiger partial charge in [-0.3, -0.25) is 4.79 Å². The highest BCUT2D eigenvalue weighted by atomic mass is 16.4. The van der Waals surface area contributed by atoms with E-state index in [0.29, 0.717) is 38.3 Å². The van der Waals surface area contributed by atoms with E-state index in [2.05, 4.69) is 5.32 Å². The van der Waals surface area contributed by atoms with Crippen LogP contribution >= 0.6 is 0 Å². The minimum atomic E-state index is -0.701. The number of rotatable bonds is 5. The lowest BCUT2D eigenvalue weighted by atomic mass is 9.75. The summed E-state index contributed by atoms with van der Waals surface area (Å²) in [6, 6.07) is -0.0256. The van der Waals surface area contributed by atoms with Crippen molar-refractivity contribution in [3.05, 3.63) is 0 Å². The Hall–Kier alpha value is -1.26. The molecule has 2 fully saturated rings. The molecule has 0 aromatic carbocycles. The molecule has 1 saturated heterocycles. The molecule has 2 rings (SSSR count). The summed E-state index contributed by atoms with van der Waals surface area (Å²) in [6.07, 6.45) is 5.18. The number of likely N-dealkylation sites (tertiary alicyclic amines) is 1. The maximum atomic E-state index is 11.9. The van der Waals surface area contributed by atoms with E-state index in [4.69, 9.17) is 0 Å². The summed E-state index contributed by atoms with van der Waals surface area (Å²) in [5.41, 5.74) is -0.609. The van der Waals surface area contributed by atoms with Gasteiger partial charge in [0.25, 0.3) is 0 Å². The van der Waals surface area contributed by atoms with Crippen molar-refractivity contribution in [2.75, 3.05) is 19.6 Å². The zero-order valence-corrected chi connectivity index (χ0v) is 11.7. The van der Waals surface area contributed by atoms with Crippen LogP contribution in [0.1, 0.15) is 45.4 Å². The number of nitrogens with one attached hydrogen (secondary N) is 1. The van der Waals surface area contributed by atoms with Gasteiger partial charge in [0.15, 0.2) is 0 Å². The van der Waals surface area contributed by atoms with E-state index in [9.17, 15) is 14.7 Å². The van der Waals surface area contributed by atoms with Crippen molar-refractivity contribution >= 4 is 12.0 Å². The molecule has 2 aliphatic rings. The minimum Gasteiger partial charge on any atom is -0.481 e. The number of amides is 2. The second-order valence-corrected chi connectivity index (χ2v) is 5.95. The Labute approximate surface area is 114 Å². The second-order valence-electron chi connectivity index (χ2n) is 5.95.